The van der Waals surface area contributed by atoms with E-state index in [1.807, 2.05) is 36.6 Å². The maximum Gasteiger partial charge on any atom is 0.316 e. The third-order valence-corrected chi connectivity index (χ3v) is 4.70. The number of rotatable bonds is 8. The molecule has 0 fully saturated rings. The molecule has 0 bridgehead atoms. The smallest absolute Gasteiger partial charge is 0.316 e. The molecule has 0 unspecified atom stereocenters. The Morgan fingerprint density at radius 3 is 2.83 bits per heavy atom. The van der Waals surface area contributed by atoms with Crippen molar-refractivity contribution in [2.75, 3.05) is 17.7 Å². The van der Waals surface area contributed by atoms with Gasteiger partial charge in [-0.05, 0) is 38.5 Å². The number of benzene rings is 1. The monoisotopic (exact) mass is 368 g/mol. The first kappa shape index (κ1) is 18.6. The van der Waals surface area contributed by atoms with Crippen LogP contribution >= 0.6 is 23.4 Å². The minimum Gasteiger partial charge on any atom is -0.465 e. The van der Waals surface area contributed by atoms with Crippen LogP contribution < -0.4 is 5.32 Å². The molecule has 130 valence electrons. The molecule has 0 radical (unpaired) electrons. The third-order valence-electron chi connectivity index (χ3n) is 3.36. The number of aromatic nitrogens is 3. The molecule has 0 aliphatic carbocycles. The van der Waals surface area contributed by atoms with Crippen molar-refractivity contribution in [2.24, 2.45) is 0 Å². The fourth-order valence-corrected chi connectivity index (χ4v) is 3.08. The zero-order valence-electron chi connectivity index (χ0n) is 14.0. The van der Waals surface area contributed by atoms with Crippen molar-refractivity contribution in [2.45, 2.75) is 39.0 Å². The van der Waals surface area contributed by atoms with E-state index in [1.54, 1.807) is 6.92 Å². The van der Waals surface area contributed by atoms with E-state index in [-0.39, 0.29) is 11.7 Å². The highest BCUT2D eigenvalue weighted by Gasteiger charge is 2.13. The van der Waals surface area contributed by atoms with Crippen LogP contribution in [0.15, 0.2) is 23.4 Å². The Morgan fingerprint density at radius 1 is 1.38 bits per heavy atom. The van der Waals surface area contributed by atoms with Gasteiger partial charge in [-0.15, -0.1) is 10.2 Å². The molecule has 2 rings (SSSR count). The third kappa shape index (κ3) is 4.88. The molecule has 1 N–H and O–H groups in total. The average molecular weight is 369 g/mol. The highest BCUT2D eigenvalue weighted by Crippen LogP contribution is 2.21. The molecule has 6 nitrogen and oxygen atoms in total. The topological polar surface area (TPSA) is 69.0 Å². The minimum atomic E-state index is -0.248. The quantitative estimate of drug-likeness (QED) is 0.568. The number of carbonyl (C=O) groups is 1. The van der Waals surface area contributed by atoms with Crippen molar-refractivity contribution in [3.63, 3.8) is 0 Å². The first-order valence-electron chi connectivity index (χ1n) is 7.75. The second-order valence-corrected chi connectivity index (χ2v) is 6.40. The largest absolute Gasteiger partial charge is 0.465 e. The molecule has 0 amide bonds. The number of hydrogen-bond donors (Lipinski definition) is 1. The first-order chi connectivity index (χ1) is 11.5. The summed E-state index contributed by atoms with van der Waals surface area (Å²) in [5.74, 6) is 0.787. The van der Waals surface area contributed by atoms with E-state index >= 15 is 0 Å². The molecule has 0 saturated heterocycles. The van der Waals surface area contributed by atoms with Gasteiger partial charge >= 0.3 is 5.97 Å². The summed E-state index contributed by atoms with van der Waals surface area (Å²) in [6, 6.07) is 5.83. The molecule has 0 aliphatic rings. The van der Waals surface area contributed by atoms with Crippen LogP contribution in [-0.2, 0) is 22.6 Å². The molecule has 0 saturated carbocycles. The van der Waals surface area contributed by atoms with Crippen LogP contribution in [0.5, 0.6) is 0 Å². The van der Waals surface area contributed by atoms with Gasteiger partial charge in [-0.1, -0.05) is 29.4 Å². The number of halogens is 1. The van der Waals surface area contributed by atoms with Gasteiger partial charge in [0.1, 0.15) is 0 Å². The lowest BCUT2D eigenvalue weighted by atomic mass is 10.2. The zero-order chi connectivity index (χ0) is 17.5. The Labute approximate surface area is 150 Å². The maximum atomic E-state index is 11.5. The minimum absolute atomic E-state index is 0.229. The molecular weight excluding hydrogens is 348 g/mol. The van der Waals surface area contributed by atoms with E-state index in [0.717, 1.165) is 28.6 Å². The predicted molar refractivity (Wildman–Crippen MR) is 96.6 cm³/mol. The number of thioether (sulfide) groups is 1. The number of anilines is 1. The Bertz CT molecular complexity index is 705. The van der Waals surface area contributed by atoms with Gasteiger partial charge in [0.2, 0.25) is 0 Å². The lowest BCUT2D eigenvalue weighted by molar-refractivity contribution is -0.139. The Morgan fingerprint density at radius 2 is 2.17 bits per heavy atom. The van der Waals surface area contributed by atoms with Crippen molar-refractivity contribution >= 4 is 35.0 Å². The number of esters is 1. The Balaban J connectivity index is 2.00. The van der Waals surface area contributed by atoms with E-state index in [2.05, 4.69) is 15.5 Å². The number of ether oxygens (including phenoxy) is 1. The molecule has 1 aromatic carbocycles. The maximum absolute atomic E-state index is 11.5. The molecular formula is C16H21ClN4O2S. The highest BCUT2D eigenvalue weighted by atomic mass is 35.5. The number of nitrogens with zero attached hydrogens (tertiary/aromatic N) is 3. The van der Waals surface area contributed by atoms with Gasteiger partial charge < -0.3 is 14.6 Å². The van der Waals surface area contributed by atoms with Crippen LogP contribution in [0.25, 0.3) is 0 Å². The summed E-state index contributed by atoms with van der Waals surface area (Å²) in [7, 11) is 0. The van der Waals surface area contributed by atoms with Gasteiger partial charge in [0.05, 0.1) is 18.9 Å². The number of nitrogens with one attached hydrogen (secondary N) is 1. The lowest BCUT2D eigenvalue weighted by Crippen LogP contribution is -2.10. The Hall–Kier alpha value is -1.73. The van der Waals surface area contributed by atoms with E-state index in [0.29, 0.717) is 18.3 Å². The number of hydrogen-bond acceptors (Lipinski definition) is 6. The van der Waals surface area contributed by atoms with E-state index < -0.39 is 0 Å². The van der Waals surface area contributed by atoms with E-state index in [1.165, 1.54) is 11.8 Å². The van der Waals surface area contributed by atoms with Crippen LogP contribution in [0.2, 0.25) is 5.02 Å². The van der Waals surface area contributed by atoms with Gasteiger partial charge in [0.25, 0.3) is 0 Å². The van der Waals surface area contributed by atoms with Crippen LogP contribution in [0, 0.1) is 6.92 Å². The average Bonchev–Trinajstić information content (AvgIpc) is 2.96. The summed E-state index contributed by atoms with van der Waals surface area (Å²) >= 11 is 7.47. The second-order valence-electron chi connectivity index (χ2n) is 5.05. The predicted octanol–water partition coefficient (Wildman–Crippen LogP) is 3.53. The molecule has 24 heavy (non-hydrogen) atoms. The Kier molecular flexibility index (Phi) is 6.93. The second kappa shape index (κ2) is 8.94. The first-order valence-corrected chi connectivity index (χ1v) is 9.12. The fraction of sp³-hybridized carbons (Fsp3) is 0.438. The van der Waals surface area contributed by atoms with E-state index in [9.17, 15) is 4.79 Å². The standard InChI is InChI=1S/C16H21ClN4O2S/c1-4-21-14(9-18-12-7-6-11(3)13(17)8-12)19-20-16(21)24-10-15(22)23-5-2/h6-8,18H,4-5,9-10H2,1-3H3. The summed E-state index contributed by atoms with van der Waals surface area (Å²) in [6.07, 6.45) is 0. The molecule has 1 aromatic heterocycles. The molecule has 0 spiro atoms. The number of aryl methyl sites for hydroxylation is 1. The van der Waals surface area contributed by atoms with Gasteiger partial charge in [-0.2, -0.15) is 0 Å². The van der Waals surface area contributed by atoms with Crippen LogP contribution in [0.4, 0.5) is 5.69 Å². The summed E-state index contributed by atoms with van der Waals surface area (Å²) in [5, 5.41) is 13.1. The van der Waals surface area contributed by atoms with Gasteiger partial charge in [0, 0.05) is 17.3 Å². The normalized spacial score (nSPS) is 10.7. The van der Waals surface area contributed by atoms with Gasteiger partial charge in [-0.3, -0.25) is 4.79 Å². The van der Waals surface area contributed by atoms with Crippen molar-refractivity contribution in [3.05, 3.63) is 34.6 Å². The summed E-state index contributed by atoms with van der Waals surface area (Å²) < 4.78 is 6.91. The SMILES string of the molecule is CCOC(=O)CSc1nnc(CNc2ccc(C)c(Cl)c2)n1CC. The summed E-state index contributed by atoms with van der Waals surface area (Å²) in [4.78, 5) is 11.5. The molecule has 2 aromatic rings. The molecule has 0 aliphatic heterocycles. The molecule has 1 heterocycles. The fourth-order valence-electron chi connectivity index (χ4n) is 2.08. The zero-order valence-corrected chi connectivity index (χ0v) is 15.6. The van der Waals surface area contributed by atoms with Gasteiger partial charge in [-0.25, -0.2) is 0 Å². The molecule has 0 atom stereocenters. The highest BCUT2D eigenvalue weighted by molar-refractivity contribution is 7.99. The van der Waals surface area contributed by atoms with Crippen molar-refractivity contribution < 1.29 is 9.53 Å². The van der Waals surface area contributed by atoms with Gasteiger partial charge in [0.15, 0.2) is 11.0 Å². The van der Waals surface area contributed by atoms with E-state index in [4.69, 9.17) is 16.3 Å². The van der Waals surface area contributed by atoms with Crippen LogP contribution in [0.3, 0.4) is 0 Å². The van der Waals surface area contributed by atoms with Crippen molar-refractivity contribution in [1.29, 1.82) is 0 Å². The lowest BCUT2D eigenvalue weighted by Gasteiger charge is -2.10. The summed E-state index contributed by atoms with van der Waals surface area (Å²) in [6.45, 7) is 7.41. The molecule has 8 heteroatoms. The number of carbonyl (C=O) groups excluding carboxylic acids is 1. The van der Waals surface area contributed by atoms with Crippen molar-refractivity contribution in [3.8, 4) is 0 Å². The van der Waals surface area contributed by atoms with Crippen LogP contribution in [0.1, 0.15) is 25.2 Å². The van der Waals surface area contributed by atoms with Crippen molar-refractivity contribution in [1.82, 2.24) is 14.8 Å². The summed E-state index contributed by atoms with van der Waals surface area (Å²) in [5.41, 5.74) is 1.97. The van der Waals surface area contributed by atoms with Crippen LogP contribution in [-0.4, -0.2) is 33.1 Å².